The van der Waals surface area contributed by atoms with E-state index in [1.54, 1.807) is 0 Å². The molecule has 4 saturated heterocycles. The van der Waals surface area contributed by atoms with Gasteiger partial charge in [-0.15, -0.1) is 0 Å². The van der Waals surface area contributed by atoms with Crippen molar-refractivity contribution in [1.29, 1.82) is 0 Å². The van der Waals surface area contributed by atoms with Crippen LogP contribution in [-0.4, -0.2) is 418 Å². The molecule has 4 aliphatic heterocycles. The van der Waals surface area contributed by atoms with Crippen molar-refractivity contribution >= 4 is 68.2 Å². The summed E-state index contributed by atoms with van der Waals surface area (Å²) in [7, 11) is -9.97. The number of aliphatic hydroxyl groups excluding tert-OH is 8. The lowest BCUT2D eigenvalue weighted by molar-refractivity contribution is -0.339. The van der Waals surface area contributed by atoms with Crippen molar-refractivity contribution < 1.29 is 200 Å². The number of ether oxygens (including phenoxy) is 16. The van der Waals surface area contributed by atoms with E-state index in [4.69, 9.17) is 96.4 Å². The number of aliphatic hydroxyl groups is 8. The second-order valence-electron chi connectivity index (χ2n) is 33.0. The highest BCUT2D eigenvalue weighted by molar-refractivity contribution is 7.81. The molecule has 4 heterocycles. The Balaban J connectivity index is 0.809. The highest BCUT2D eigenvalue weighted by Crippen LogP contribution is 2.33. The normalized spacial score (nSPS) is 25.8. The summed E-state index contributed by atoms with van der Waals surface area (Å²) < 4.78 is 158. The third-order valence-corrected chi connectivity index (χ3v) is 21.9. The Hall–Kier alpha value is -5.54. The molecule has 4 fully saturated rings. The quantitative estimate of drug-likeness (QED) is 0.0201. The maximum Gasteiger partial charge on any atom is 0.397 e. The number of amides is 6. The molecule has 4 rings (SSSR count). The first-order chi connectivity index (χ1) is 63.4. The van der Waals surface area contributed by atoms with Gasteiger partial charge >= 0.3 is 32.7 Å². The van der Waals surface area contributed by atoms with Crippen LogP contribution in [0, 0.1) is 5.41 Å². The number of nitrogens with two attached hydrogens (primary N) is 2. The Morgan fingerprint density at radius 2 is 0.579 bits per heavy atom. The number of carbonyl (C=O) groups is 8. The Labute approximate surface area is 775 Å². The maximum absolute atomic E-state index is 12.4. The van der Waals surface area contributed by atoms with Gasteiger partial charge in [0.1, 0.15) is 73.2 Å². The number of carbonyl (C=O) groups excluding carboxylic acids is 6. The van der Waals surface area contributed by atoms with Gasteiger partial charge in [0.2, 0.25) is 35.4 Å². The van der Waals surface area contributed by atoms with Gasteiger partial charge in [-0.2, -0.15) is 16.8 Å². The number of aliphatic carboxylic acids is 2. The zero-order chi connectivity index (χ0) is 98.0. The Morgan fingerprint density at radius 1 is 0.308 bits per heavy atom. The van der Waals surface area contributed by atoms with E-state index in [9.17, 15) is 106 Å². The molecular weight excluding hydrogens is 1820 g/mol. The van der Waals surface area contributed by atoms with E-state index in [2.05, 4.69) is 40.3 Å². The van der Waals surface area contributed by atoms with Crippen molar-refractivity contribution in [2.45, 2.75) is 291 Å². The predicted molar refractivity (Wildman–Crippen MR) is 460 cm³/mol. The van der Waals surface area contributed by atoms with E-state index < -0.39 is 169 Å². The molecule has 0 saturated carbocycles. The molecular formula is C81H148N8O42S2. The molecule has 0 aliphatic carbocycles. The molecule has 0 radical (unpaired) electrons. The van der Waals surface area contributed by atoms with Crippen LogP contribution in [0.15, 0.2) is 0 Å². The van der Waals surface area contributed by atoms with Crippen LogP contribution in [0.5, 0.6) is 0 Å². The minimum atomic E-state index is -4.99. The van der Waals surface area contributed by atoms with Crippen molar-refractivity contribution in [1.82, 2.24) is 31.9 Å². The summed E-state index contributed by atoms with van der Waals surface area (Å²) in [6, 6.07) is -3.12. The fourth-order valence-electron chi connectivity index (χ4n) is 13.6. The smallest absolute Gasteiger partial charge is 0.397 e. The van der Waals surface area contributed by atoms with Crippen molar-refractivity contribution in [3.05, 3.63) is 0 Å². The maximum atomic E-state index is 12.4. The monoisotopic (exact) mass is 1970 g/mol. The topological polar surface area (TPSA) is 738 Å². The average molecular weight is 1970 g/mol. The zero-order valence-electron chi connectivity index (χ0n) is 76.0. The van der Waals surface area contributed by atoms with Crippen molar-refractivity contribution in [3.63, 3.8) is 0 Å². The summed E-state index contributed by atoms with van der Waals surface area (Å²) in [6.45, 7) is 9.47. The molecule has 52 heteroatoms. The molecule has 20 unspecified atom stereocenters. The van der Waals surface area contributed by atoms with Gasteiger partial charge in [0, 0.05) is 96.4 Å². The summed E-state index contributed by atoms with van der Waals surface area (Å²) in [5.41, 5.74) is 11.4. The van der Waals surface area contributed by atoms with Gasteiger partial charge in [-0.05, 0) is 51.4 Å². The van der Waals surface area contributed by atoms with Crippen LogP contribution in [0.3, 0.4) is 0 Å². The number of rotatable bonds is 78. The van der Waals surface area contributed by atoms with Crippen molar-refractivity contribution in [2.75, 3.05) is 171 Å². The standard InChI is InChI=1S/C81H148N8O42S2/c1-81(2,51-120-37-25-59(94)86-27-15-7-3-5-13-21-55(90)88-31-39-116-43-47-118-45-41-114-35-23-57(92)84-29-17-9-11-19-33-122-79-69(102)67(100)71(73(130-79)75(104)105)128-77-61(82)65(98)63(96)53(126-77)49-124-132(108,109)110)52-121-38-26-60(95)87-28-16-8-4-6-14-22-56(91)89-32-40-117-44-48-119-46-42-115-36-24-58(93)85-30-18-10-12-20-34-123-80-70(103)68(101)72(74(131-80)76(106)107)129-78-62(83)66(99)64(97)54(127-78)50-125-133(111,112)113/h53-54,61-74,77-80,96-103H,3-52,82-83H2,1-2H3,(H,84,92)(H,85,93)(H,86,94)(H,87,95)(H,88,90)(H,89,91)(H,104,105)(H,106,107)(H,108,109,110)(H,111,112,113). The summed E-state index contributed by atoms with van der Waals surface area (Å²) in [5.74, 6) is -3.93. The van der Waals surface area contributed by atoms with Crippen LogP contribution in [-0.2, 0) is 143 Å². The second kappa shape index (κ2) is 68.5. The summed E-state index contributed by atoms with van der Waals surface area (Å²) in [4.78, 5) is 98.1. The van der Waals surface area contributed by atoms with Crippen LogP contribution in [0.2, 0.25) is 0 Å². The van der Waals surface area contributed by atoms with Crippen LogP contribution in [0.25, 0.3) is 0 Å². The van der Waals surface area contributed by atoms with Crippen molar-refractivity contribution in [2.24, 2.45) is 16.9 Å². The predicted octanol–water partition coefficient (Wildman–Crippen LogP) is -4.74. The fraction of sp³-hybridized carbons (Fsp3) is 0.901. The molecule has 6 amide bonds. The second-order valence-corrected chi connectivity index (χ2v) is 35.1. The van der Waals surface area contributed by atoms with E-state index in [-0.39, 0.29) is 119 Å². The SMILES string of the molecule is CC(C)(COCCC(=O)NCCCCCCCC(=O)NCCOCCOCCOCCC(=O)NCCCCCCOC1OC(C(=O)O)C(OC2OC(COS(=O)(=O)O)C(O)C(O)C2N)C(O)C1O)COCCC(=O)NCCCCCCCC(=O)NCCOCCOCCOCCC(=O)NCCCCCCOC1OC(C(=O)O)C(OC2OC(COS(=O)(=O)O)C(O)C(O)C2N)C(O)C1O. The zero-order valence-corrected chi connectivity index (χ0v) is 77.6. The summed E-state index contributed by atoms with van der Waals surface area (Å²) >= 11 is 0. The molecule has 0 aromatic carbocycles. The van der Waals surface area contributed by atoms with Gasteiger partial charge < -0.3 is 170 Å². The number of carboxylic acids is 2. The van der Waals surface area contributed by atoms with E-state index in [1.807, 2.05) is 13.8 Å². The van der Waals surface area contributed by atoms with Gasteiger partial charge in [-0.3, -0.25) is 37.9 Å². The number of hydrogen-bond donors (Lipinski definition) is 20. The molecule has 776 valence electrons. The Bertz CT molecular complexity index is 3260. The van der Waals surface area contributed by atoms with Crippen LogP contribution >= 0.6 is 0 Å². The molecule has 50 nitrogen and oxygen atoms in total. The van der Waals surface area contributed by atoms with Gasteiger partial charge in [0.25, 0.3) is 0 Å². The number of unbranched alkanes of at least 4 members (excludes halogenated alkanes) is 14. The van der Waals surface area contributed by atoms with Gasteiger partial charge in [-0.1, -0.05) is 78.1 Å². The fourth-order valence-corrected chi connectivity index (χ4v) is 14.2. The molecule has 22 N–H and O–H groups in total. The lowest BCUT2D eigenvalue weighted by atomic mass is 9.96. The van der Waals surface area contributed by atoms with Gasteiger partial charge in [-0.25, -0.2) is 18.0 Å². The highest BCUT2D eigenvalue weighted by Gasteiger charge is 2.55. The molecule has 133 heavy (non-hydrogen) atoms. The van der Waals surface area contributed by atoms with Crippen LogP contribution < -0.4 is 43.4 Å². The van der Waals surface area contributed by atoms with Gasteiger partial charge in [0.15, 0.2) is 37.4 Å². The number of hydrogen-bond acceptors (Lipinski definition) is 40. The van der Waals surface area contributed by atoms with Gasteiger partial charge in [0.05, 0.1) is 131 Å². The molecule has 0 spiro atoms. The summed E-state index contributed by atoms with van der Waals surface area (Å²) in [6.07, 6.45) is -17.5. The first-order valence-electron chi connectivity index (χ1n) is 45.4. The minimum Gasteiger partial charge on any atom is -0.479 e. The van der Waals surface area contributed by atoms with E-state index >= 15 is 0 Å². The van der Waals surface area contributed by atoms with E-state index in [1.165, 1.54) is 0 Å². The third-order valence-electron chi connectivity index (χ3n) is 21.1. The highest BCUT2D eigenvalue weighted by atomic mass is 32.3. The lowest BCUT2D eigenvalue weighted by Crippen LogP contribution is -2.67. The molecule has 4 aliphatic rings. The average Bonchev–Trinajstić information content (AvgIpc) is 0.784. The first-order valence-corrected chi connectivity index (χ1v) is 48.2. The molecule has 0 aromatic heterocycles. The lowest BCUT2D eigenvalue weighted by Gasteiger charge is -2.45. The molecule has 20 atom stereocenters. The molecule has 0 bridgehead atoms. The third kappa shape index (κ3) is 52.9. The van der Waals surface area contributed by atoms with E-state index in [0.717, 1.165) is 64.2 Å². The largest absolute Gasteiger partial charge is 0.479 e. The van der Waals surface area contributed by atoms with Crippen LogP contribution in [0.1, 0.15) is 168 Å². The van der Waals surface area contributed by atoms with E-state index in [0.29, 0.717) is 170 Å². The Kier molecular flexibility index (Phi) is 61.7. The van der Waals surface area contributed by atoms with Crippen LogP contribution in [0.4, 0.5) is 0 Å². The molecule has 0 aromatic rings. The first kappa shape index (κ1) is 120. The Morgan fingerprint density at radius 3 is 0.895 bits per heavy atom. The number of nitrogens with one attached hydrogen (secondary N) is 6. The minimum absolute atomic E-state index is 0.0000477. The number of carboxylic acid groups (broad SMARTS) is 2. The summed E-state index contributed by atoms with van der Waals surface area (Å²) in [5, 5.41) is 121. The van der Waals surface area contributed by atoms with Crippen molar-refractivity contribution in [3.8, 4) is 0 Å².